The first-order valence-corrected chi connectivity index (χ1v) is 8.65. The molecule has 0 saturated carbocycles. The van der Waals surface area contributed by atoms with E-state index < -0.39 is 29.6 Å². The van der Waals surface area contributed by atoms with E-state index in [2.05, 4.69) is 20.9 Å². The standard InChI is InChI=1S/C19H11BrF3N3O2/c20-12-1-3-14(4-2-12)28-15-5-6-16(17(7-15)19(21,22)23)18(27)10-26-11-25-9-13(26)8-24/h1-7,9,11H,10H2. The van der Waals surface area contributed by atoms with Gasteiger partial charge >= 0.3 is 6.18 Å². The number of nitrogens with zero attached hydrogens (tertiary/aromatic N) is 3. The van der Waals surface area contributed by atoms with E-state index in [1.165, 1.54) is 23.2 Å². The summed E-state index contributed by atoms with van der Waals surface area (Å²) in [5.74, 6) is -0.490. The Labute approximate surface area is 166 Å². The van der Waals surface area contributed by atoms with Crippen LogP contribution in [0.15, 0.2) is 59.5 Å². The lowest BCUT2D eigenvalue weighted by atomic mass is 10.0. The van der Waals surface area contributed by atoms with Gasteiger partial charge in [0.15, 0.2) is 5.78 Å². The summed E-state index contributed by atoms with van der Waals surface area (Å²) in [5, 5.41) is 8.95. The van der Waals surface area contributed by atoms with Gasteiger partial charge in [0.2, 0.25) is 0 Å². The topological polar surface area (TPSA) is 67.9 Å². The number of Topliss-reactive ketones (excluding diaryl/α,β-unsaturated/α-hetero) is 1. The lowest BCUT2D eigenvalue weighted by molar-refractivity contribution is -0.138. The zero-order valence-corrected chi connectivity index (χ0v) is 15.7. The highest BCUT2D eigenvalue weighted by Gasteiger charge is 2.35. The minimum absolute atomic E-state index is 0.0495. The van der Waals surface area contributed by atoms with Gasteiger partial charge in [-0.3, -0.25) is 4.79 Å². The number of benzene rings is 2. The normalized spacial score (nSPS) is 11.1. The fourth-order valence-corrected chi connectivity index (χ4v) is 2.75. The molecule has 3 rings (SSSR count). The van der Waals surface area contributed by atoms with Gasteiger partial charge in [-0.2, -0.15) is 18.4 Å². The number of halogens is 4. The van der Waals surface area contributed by atoms with Crippen LogP contribution < -0.4 is 4.74 Å². The molecule has 0 bridgehead atoms. The van der Waals surface area contributed by atoms with E-state index in [9.17, 15) is 18.0 Å². The molecule has 1 aromatic heterocycles. The molecular weight excluding hydrogens is 439 g/mol. The quantitative estimate of drug-likeness (QED) is 0.501. The summed E-state index contributed by atoms with van der Waals surface area (Å²) in [6.07, 6.45) is -2.31. The zero-order valence-electron chi connectivity index (χ0n) is 14.1. The van der Waals surface area contributed by atoms with Gasteiger partial charge in [0.05, 0.1) is 24.6 Å². The third kappa shape index (κ3) is 4.40. The van der Waals surface area contributed by atoms with Crippen molar-refractivity contribution >= 4 is 21.7 Å². The fourth-order valence-electron chi connectivity index (χ4n) is 2.48. The molecule has 0 radical (unpaired) electrons. The van der Waals surface area contributed by atoms with Crippen LogP contribution in [0, 0.1) is 11.3 Å². The molecule has 0 unspecified atom stereocenters. The lowest BCUT2D eigenvalue weighted by Crippen LogP contribution is -2.17. The maximum absolute atomic E-state index is 13.5. The van der Waals surface area contributed by atoms with Crippen LogP contribution >= 0.6 is 15.9 Å². The van der Waals surface area contributed by atoms with E-state index in [1.807, 2.05) is 6.07 Å². The van der Waals surface area contributed by atoms with Crippen molar-refractivity contribution in [2.75, 3.05) is 0 Å². The monoisotopic (exact) mass is 449 g/mol. The number of hydrogen-bond acceptors (Lipinski definition) is 4. The molecule has 0 aliphatic rings. The van der Waals surface area contributed by atoms with Crippen LogP contribution in [-0.4, -0.2) is 15.3 Å². The van der Waals surface area contributed by atoms with Crippen LogP contribution in [0.1, 0.15) is 21.6 Å². The molecule has 0 saturated heterocycles. The van der Waals surface area contributed by atoms with Gasteiger partial charge in [-0.05, 0) is 42.5 Å². The molecule has 0 atom stereocenters. The SMILES string of the molecule is N#Cc1cncn1CC(=O)c1ccc(Oc2ccc(Br)cc2)cc1C(F)(F)F. The molecule has 0 N–H and O–H groups in total. The van der Waals surface area contributed by atoms with E-state index in [0.29, 0.717) is 5.75 Å². The largest absolute Gasteiger partial charge is 0.457 e. The predicted molar refractivity (Wildman–Crippen MR) is 96.9 cm³/mol. The number of aromatic nitrogens is 2. The molecule has 0 amide bonds. The average Bonchev–Trinajstić information content (AvgIpc) is 3.10. The van der Waals surface area contributed by atoms with E-state index >= 15 is 0 Å². The second-order valence-electron chi connectivity index (χ2n) is 5.70. The fraction of sp³-hybridized carbons (Fsp3) is 0.105. The van der Waals surface area contributed by atoms with Crippen molar-refractivity contribution < 1.29 is 22.7 Å². The number of carbonyl (C=O) groups is 1. The van der Waals surface area contributed by atoms with Crippen molar-refractivity contribution in [2.45, 2.75) is 12.7 Å². The van der Waals surface area contributed by atoms with Gasteiger partial charge in [-0.15, -0.1) is 0 Å². The van der Waals surface area contributed by atoms with Gasteiger partial charge < -0.3 is 9.30 Å². The van der Waals surface area contributed by atoms with Crippen molar-refractivity contribution in [1.82, 2.24) is 9.55 Å². The maximum Gasteiger partial charge on any atom is 0.417 e. The summed E-state index contributed by atoms with van der Waals surface area (Å²) in [7, 11) is 0. The number of nitriles is 1. The Morgan fingerprint density at radius 1 is 1.18 bits per heavy atom. The zero-order chi connectivity index (χ0) is 20.3. The second kappa shape index (κ2) is 7.86. The van der Waals surface area contributed by atoms with E-state index in [4.69, 9.17) is 10.00 Å². The third-order valence-corrected chi connectivity index (χ3v) is 4.32. The molecule has 9 heteroatoms. The number of rotatable bonds is 5. The van der Waals surface area contributed by atoms with Gasteiger partial charge in [0.25, 0.3) is 0 Å². The highest BCUT2D eigenvalue weighted by Crippen LogP contribution is 2.36. The first-order chi connectivity index (χ1) is 13.3. The molecular formula is C19H11BrF3N3O2. The second-order valence-corrected chi connectivity index (χ2v) is 6.62. The van der Waals surface area contributed by atoms with Crippen LogP contribution in [0.2, 0.25) is 0 Å². The molecule has 0 spiro atoms. The molecule has 3 aromatic rings. The van der Waals surface area contributed by atoms with Crippen molar-refractivity contribution in [1.29, 1.82) is 5.26 Å². The summed E-state index contributed by atoms with van der Waals surface area (Å²) in [6.45, 7) is -0.432. The minimum Gasteiger partial charge on any atom is -0.457 e. The summed E-state index contributed by atoms with van der Waals surface area (Å²) in [6, 6.07) is 11.5. The summed E-state index contributed by atoms with van der Waals surface area (Å²) in [5.41, 5.74) is -1.53. The van der Waals surface area contributed by atoms with Gasteiger partial charge in [0.1, 0.15) is 23.3 Å². The molecule has 0 aliphatic carbocycles. The first kappa shape index (κ1) is 19.6. The number of ketones is 1. The minimum atomic E-state index is -4.75. The highest BCUT2D eigenvalue weighted by molar-refractivity contribution is 9.10. The summed E-state index contributed by atoms with van der Waals surface area (Å²) < 4.78 is 48.0. The molecule has 142 valence electrons. The highest BCUT2D eigenvalue weighted by atomic mass is 79.9. The lowest BCUT2D eigenvalue weighted by Gasteiger charge is -2.15. The third-order valence-electron chi connectivity index (χ3n) is 3.79. The molecule has 5 nitrogen and oxygen atoms in total. The molecule has 2 aromatic carbocycles. The van der Waals surface area contributed by atoms with Crippen molar-refractivity contribution in [3.8, 4) is 17.6 Å². The van der Waals surface area contributed by atoms with Crippen LogP contribution in [0.5, 0.6) is 11.5 Å². The summed E-state index contributed by atoms with van der Waals surface area (Å²) in [4.78, 5) is 16.2. The number of alkyl halides is 3. The van der Waals surface area contributed by atoms with Gasteiger partial charge in [-0.1, -0.05) is 15.9 Å². The Balaban J connectivity index is 1.91. The van der Waals surface area contributed by atoms with Crippen LogP contribution in [-0.2, 0) is 12.7 Å². The number of carbonyl (C=O) groups excluding carboxylic acids is 1. The molecule has 28 heavy (non-hydrogen) atoms. The maximum atomic E-state index is 13.5. The average molecular weight is 450 g/mol. The number of imidazole rings is 1. The van der Waals surface area contributed by atoms with Crippen molar-refractivity contribution in [3.05, 3.63) is 76.3 Å². The van der Waals surface area contributed by atoms with E-state index in [0.717, 1.165) is 16.6 Å². The smallest absolute Gasteiger partial charge is 0.417 e. The van der Waals surface area contributed by atoms with Crippen molar-refractivity contribution in [2.24, 2.45) is 0 Å². The Morgan fingerprint density at radius 3 is 2.50 bits per heavy atom. The Kier molecular flexibility index (Phi) is 5.51. The van der Waals surface area contributed by atoms with Gasteiger partial charge in [-0.25, -0.2) is 4.98 Å². The first-order valence-electron chi connectivity index (χ1n) is 7.86. The van der Waals surface area contributed by atoms with Crippen LogP contribution in [0.4, 0.5) is 13.2 Å². The van der Waals surface area contributed by atoms with Crippen LogP contribution in [0.3, 0.4) is 0 Å². The molecule has 1 heterocycles. The number of ether oxygens (including phenoxy) is 1. The molecule has 0 aliphatic heterocycles. The summed E-state index contributed by atoms with van der Waals surface area (Å²) >= 11 is 3.26. The number of hydrogen-bond donors (Lipinski definition) is 0. The van der Waals surface area contributed by atoms with E-state index in [1.54, 1.807) is 24.3 Å². The Hall–Kier alpha value is -3.12. The van der Waals surface area contributed by atoms with Crippen LogP contribution in [0.25, 0.3) is 0 Å². The Bertz CT molecular complexity index is 1050. The van der Waals surface area contributed by atoms with E-state index in [-0.39, 0.29) is 11.4 Å². The van der Waals surface area contributed by atoms with Gasteiger partial charge in [0, 0.05) is 10.0 Å². The molecule has 0 fully saturated rings. The van der Waals surface area contributed by atoms with Crippen molar-refractivity contribution in [3.63, 3.8) is 0 Å². The predicted octanol–water partition coefficient (Wildman–Crippen LogP) is 5.21. The Morgan fingerprint density at radius 2 is 1.86 bits per heavy atom.